The highest BCUT2D eigenvalue weighted by molar-refractivity contribution is 6.04. The Labute approximate surface area is 164 Å². The number of aromatic nitrogens is 1. The van der Waals surface area contributed by atoms with Crippen molar-refractivity contribution in [2.75, 3.05) is 31.1 Å². The predicted molar refractivity (Wildman–Crippen MR) is 105 cm³/mol. The van der Waals surface area contributed by atoms with Gasteiger partial charge in [-0.25, -0.2) is 9.37 Å². The maximum Gasteiger partial charge on any atom is 0.237 e. The highest BCUT2D eigenvalue weighted by Crippen LogP contribution is 2.22. The molecule has 1 N–H and O–H groups in total. The van der Waals surface area contributed by atoms with Gasteiger partial charge in [-0.05, 0) is 32.0 Å². The van der Waals surface area contributed by atoms with Crippen molar-refractivity contribution in [1.82, 2.24) is 15.2 Å². The second-order valence-electron chi connectivity index (χ2n) is 7.37. The molecule has 0 radical (unpaired) electrons. The number of piperazine rings is 1. The Morgan fingerprint density at radius 1 is 1.07 bits per heavy atom. The Morgan fingerprint density at radius 3 is 2.39 bits per heavy atom. The van der Waals surface area contributed by atoms with E-state index in [-0.39, 0.29) is 18.3 Å². The summed E-state index contributed by atoms with van der Waals surface area (Å²) in [6.07, 6.45) is 1.75. The van der Waals surface area contributed by atoms with E-state index in [9.17, 15) is 14.0 Å². The fourth-order valence-corrected chi connectivity index (χ4v) is 3.21. The number of nitrogens with one attached hydrogen (secondary N) is 1. The lowest BCUT2D eigenvalue weighted by Gasteiger charge is -2.38. The zero-order valence-corrected chi connectivity index (χ0v) is 16.2. The number of halogens is 1. The van der Waals surface area contributed by atoms with Crippen molar-refractivity contribution in [1.29, 1.82) is 0 Å². The zero-order valence-electron chi connectivity index (χ0n) is 16.2. The van der Waals surface area contributed by atoms with Crippen LogP contribution in [0.2, 0.25) is 0 Å². The summed E-state index contributed by atoms with van der Waals surface area (Å²) < 4.78 is 13.7. The van der Waals surface area contributed by atoms with Crippen LogP contribution in [0.15, 0.2) is 48.7 Å². The maximum atomic E-state index is 13.7. The standard InChI is InChI=1S/C21H25FN4O2/c1-21(2,19(27)24-15-16-7-3-4-8-17(16)22)20(28)26-13-11-25(12-14-26)18-9-5-6-10-23-18/h3-10H,11-15H2,1-2H3,(H,24,27). The molecular formula is C21H25FN4O2. The van der Waals surface area contributed by atoms with Gasteiger partial charge in [-0.2, -0.15) is 0 Å². The molecule has 2 aromatic rings. The van der Waals surface area contributed by atoms with Gasteiger partial charge in [-0.3, -0.25) is 9.59 Å². The number of hydrogen-bond donors (Lipinski definition) is 1. The molecule has 0 unspecified atom stereocenters. The van der Waals surface area contributed by atoms with Crippen LogP contribution in [0.3, 0.4) is 0 Å². The van der Waals surface area contributed by atoms with Gasteiger partial charge in [0, 0.05) is 44.5 Å². The van der Waals surface area contributed by atoms with Crippen LogP contribution in [0, 0.1) is 11.2 Å². The smallest absolute Gasteiger partial charge is 0.237 e. The van der Waals surface area contributed by atoms with Crippen molar-refractivity contribution < 1.29 is 14.0 Å². The van der Waals surface area contributed by atoms with Crippen LogP contribution < -0.4 is 10.2 Å². The number of amides is 2. The minimum absolute atomic E-state index is 0.0513. The molecule has 0 aliphatic carbocycles. The van der Waals surface area contributed by atoms with Crippen LogP contribution in [-0.4, -0.2) is 47.9 Å². The van der Waals surface area contributed by atoms with Crippen LogP contribution in [0.5, 0.6) is 0 Å². The molecule has 28 heavy (non-hydrogen) atoms. The minimum atomic E-state index is -1.22. The molecule has 1 fully saturated rings. The number of carbonyl (C=O) groups excluding carboxylic acids is 2. The van der Waals surface area contributed by atoms with E-state index >= 15 is 0 Å². The lowest BCUT2D eigenvalue weighted by molar-refractivity contribution is -0.148. The normalized spacial score (nSPS) is 14.7. The molecule has 2 heterocycles. The summed E-state index contributed by atoms with van der Waals surface area (Å²) in [6, 6.07) is 12.0. The first kappa shape index (κ1) is 19.8. The van der Waals surface area contributed by atoms with Crippen molar-refractivity contribution >= 4 is 17.6 Å². The number of nitrogens with zero attached hydrogens (tertiary/aromatic N) is 3. The summed E-state index contributed by atoms with van der Waals surface area (Å²) in [5, 5.41) is 2.69. The lowest BCUT2D eigenvalue weighted by atomic mass is 9.89. The van der Waals surface area contributed by atoms with Crippen molar-refractivity contribution in [2.45, 2.75) is 20.4 Å². The topological polar surface area (TPSA) is 65.5 Å². The summed E-state index contributed by atoms with van der Waals surface area (Å²) in [6.45, 7) is 5.65. The van der Waals surface area contributed by atoms with Gasteiger partial charge < -0.3 is 15.1 Å². The SMILES string of the molecule is CC(C)(C(=O)NCc1ccccc1F)C(=O)N1CCN(c2ccccn2)CC1. The maximum absolute atomic E-state index is 13.7. The Hall–Kier alpha value is -2.96. The Balaban J connectivity index is 1.56. The Morgan fingerprint density at radius 2 is 1.75 bits per heavy atom. The molecule has 1 aliphatic rings. The van der Waals surface area contributed by atoms with Gasteiger partial charge in [-0.1, -0.05) is 24.3 Å². The van der Waals surface area contributed by atoms with E-state index in [1.807, 2.05) is 18.2 Å². The molecule has 1 aromatic carbocycles. The van der Waals surface area contributed by atoms with E-state index < -0.39 is 11.3 Å². The molecule has 1 saturated heterocycles. The van der Waals surface area contributed by atoms with Crippen molar-refractivity contribution in [2.24, 2.45) is 5.41 Å². The van der Waals surface area contributed by atoms with E-state index in [0.29, 0.717) is 31.7 Å². The molecule has 6 nitrogen and oxygen atoms in total. The van der Waals surface area contributed by atoms with E-state index in [2.05, 4.69) is 15.2 Å². The van der Waals surface area contributed by atoms with Gasteiger partial charge in [0.25, 0.3) is 0 Å². The van der Waals surface area contributed by atoms with Gasteiger partial charge in [-0.15, -0.1) is 0 Å². The van der Waals surface area contributed by atoms with Crippen molar-refractivity contribution in [3.8, 4) is 0 Å². The third kappa shape index (κ3) is 4.30. The van der Waals surface area contributed by atoms with E-state index in [1.165, 1.54) is 6.07 Å². The lowest BCUT2D eigenvalue weighted by Crippen LogP contribution is -2.55. The van der Waals surface area contributed by atoms with Crippen LogP contribution >= 0.6 is 0 Å². The molecule has 2 amide bonds. The van der Waals surface area contributed by atoms with E-state index in [1.54, 1.807) is 43.1 Å². The predicted octanol–water partition coefficient (Wildman–Crippen LogP) is 2.21. The van der Waals surface area contributed by atoms with Gasteiger partial charge in [0.15, 0.2) is 0 Å². The summed E-state index contributed by atoms with van der Waals surface area (Å²) in [5.74, 6) is -0.124. The first-order valence-corrected chi connectivity index (χ1v) is 9.36. The van der Waals surface area contributed by atoms with Gasteiger partial charge in [0.2, 0.25) is 11.8 Å². The monoisotopic (exact) mass is 384 g/mol. The number of carbonyl (C=O) groups is 2. The summed E-state index contributed by atoms with van der Waals surface area (Å²) in [4.78, 5) is 33.7. The summed E-state index contributed by atoms with van der Waals surface area (Å²) >= 11 is 0. The highest BCUT2D eigenvalue weighted by atomic mass is 19.1. The fourth-order valence-electron chi connectivity index (χ4n) is 3.21. The molecule has 1 aliphatic heterocycles. The molecule has 1 aromatic heterocycles. The first-order chi connectivity index (χ1) is 13.4. The Bertz CT molecular complexity index is 833. The van der Waals surface area contributed by atoms with E-state index in [4.69, 9.17) is 0 Å². The van der Waals surface area contributed by atoms with Crippen LogP contribution in [-0.2, 0) is 16.1 Å². The number of pyridine rings is 1. The van der Waals surface area contributed by atoms with E-state index in [0.717, 1.165) is 5.82 Å². The number of rotatable bonds is 5. The molecule has 3 rings (SSSR count). The third-order valence-corrected chi connectivity index (χ3v) is 5.04. The molecule has 0 atom stereocenters. The van der Waals surface area contributed by atoms with Crippen LogP contribution in [0.1, 0.15) is 19.4 Å². The first-order valence-electron chi connectivity index (χ1n) is 9.36. The van der Waals surface area contributed by atoms with Gasteiger partial charge in [0.05, 0.1) is 0 Å². The average molecular weight is 384 g/mol. The minimum Gasteiger partial charge on any atom is -0.353 e. The molecule has 0 spiro atoms. The molecule has 0 bridgehead atoms. The molecular weight excluding hydrogens is 359 g/mol. The zero-order chi connectivity index (χ0) is 20.1. The van der Waals surface area contributed by atoms with Gasteiger partial charge >= 0.3 is 0 Å². The van der Waals surface area contributed by atoms with Crippen LogP contribution in [0.25, 0.3) is 0 Å². The summed E-state index contributed by atoms with van der Waals surface area (Å²) in [5.41, 5.74) is -0.832. The van der Waals surface area contributed by atoms with Crippen LogP contribution in [0.4, 0.5) is 10.2 Å². The quantitative estimate of drug-likeness (QED) is 0.803. The number of hydrogen-bond acceptors (Lipinski definition) is 4. The third-order valence-electron chi connectivity index (χ3n) is 5.04. The number of anilines is 1. The largest absolute Gasteiger partial charge is 0.353 e. The average Bonchev–Trinajstić information content (AvgIpc) is 2.73. The summed E-state index contributed by atoms with van der Waals surface area (Å²) in [7, 11) is 0. The highest BCUT2D eigenvalue weighted by Gasteiger charge is 2.40. The molecule has 7 heteroatoms. The second-order valence-corrected chi connectivity index (χ2v) is 7.37. The second kappa shape index (κ2) is 8.37. The fraction of sp³-hybridized carbons (Fsp3) is 0.381. The van der Waals surface area contributed by atoms with Crippen molar-refractivity contribution in [3.63, 3.8) is 0 Å². The number of benzene rings is 1. The molecule has 0 saturated carbocycles. The molecule has 148 valence electrons. The van der Waals surface area contributed by atoms with Crippen molar-refractivity contribution in [3.05, 3.63) is 60.0 Å². The Kier molecular flexibility index (Phi) is 5.92. The van der Waals surface area contributed by atoms with Gasteiger partial charge in [0.1, 0.15) is 17.1 Å².